The zero-order chi connectivity index (χ0) is 17.1. The molecule has 2 bridgehead atoms. The van der Waals surface area contributed by atoms with E-state index in [1.54, 1.807) is 0 Å². The lowest BCUT2D eigenvalue weighted by Crippen LogP contribution is -2.41. The number of carbonyl (C=O) groups is 1. The largest absolute Gasteiger partial charge is 0.285 e. The van der Waals surface area contributed by atoms with Crippen molar-refractivity contribution in [1.82, 2.24) is 10.4 Å². The van der Waals surface area contributed by atoms with Crippen LogP contribution >= 0.6 is 11.6 Å². The lowest BCUT2D eigenvalue weighted by molar-refractivity contribution is 0.0809. The standard InChI is InChI=1S/C16H20ClN3O3S/c17-14-4-3-11(6-15(14)24(18,22)23)16(21)19-20-7-12-9-1-2-10(5-9)13(12)8-20/h3-4,6,9-10,12-13H,1-2,5,7-8H2,(H,19,21)(H2,18,22,23)/t9-,10-,12+,13+/m1/s1. The second-order valence-electron chi connectivity index (χ2n) is 7.20. The van der Waals surface area contributed by atoms with Crippen LogP contribution in [0.1, 0.15) is 29.6 Å². The zero-order valence-corrected chi connectivity index (χ0v) is 14.7. The van der Waals surface area contributed by atoms with Crippen LogP contribution in [-0.2, 0) is 10.0 Å². The van der Waals surface area contributed by atoms with Gasteiger partial charge in [-0.05, 0) is 61.1 Å². The first kappa shape index (κ1) is 16.3. The molecule has 0 spiro atoms. The molecule has 1 aromatic rings. The molecule has 2 aliphatic carbocycles. The van der Waals surface area contributed by atoms with Crippen LogP contribution < -0.4 is 10.6 Å². The van der Waals surface area contributed by atoms with E-state index in [0.717, 1.165) is 24.9 Å². The SMILES string of the molecule is NS(=O)(=O)c1cc(C(=O)NN2C[C@H]3[C@@H]4CC[C@H](C4)[C@@H]3C2)ccc1Cl. The number of rotatable bonds is 3. The molecule has 4 rings (SSSR count). The maximum atomic E-state index is 12.5. The Morgan fingerprint density at radius 3 is 2.42 bits per heavy atom. The van der Waals surface area contributed by atoms with Crippen molar-refractivity contribution in [3.63, 3.8) is 0 Å². The van der Waals surface area contributed by atoms with Gasteiger partial charge in [-0.3, -0.25) is 10.2 Å². The summed E-state index contributed by atoms with van der Waals surface area (Å²) in [7, 11) is -3.96. The van der Waals surface area contributed by atoms with Gasteiger partial charge in [-0.25, -0.2) is 18.6 Å². The van der Waals surface area contributed by atoms with E-state index in [2.05, 4.69) is 5.43 Å². The minimum absolute atomic E-state index is 0.0151. The summed E-state index contributed by atoms with van der Waals surface area (Å²) in [5, 5.41) is 7.13. The van der Waals surface area contributed by atoms with Gasteiger partial charge < -0.3 is 0 Å². The number of sulfonamides is 1. The Kier molecular flexibility index (Phi) is 3.87. The van der Waals surface area contributed by atoms with Gasteiger partial charge >= 0.3 is 0 Å². The van der Waals surface area contributed by atoms with Crippen LogP contribution in [0.3, 0.4) is 0 Å². The Labute approximate surface area is 146 Å². The topological polar surface area (TPSA) is 92.5 Å². The van der Waals surface area contributed by atoms with Crippen molar-refractivity contribution in [2.75, 3.05) is 13.1 Å². The molecule has 3 fully saturated rings. The first-order chi connectivity index (χ1) is 11.3. The molecule has 8 heteroatoms. The zero-order valence-electron chi connectivity index (χ0n) is 13.1. The quantitative estimate of drug-likeness (QED) is 0.846. The number of hydrogen-bond donors (Lipinski definition) is 2. The first-order valence-electron chi connectivity index (χ1n) is 8.21. The molecule has 1 amide bonds. The van der Waals surface area contributed by atoms with E-state index in [0.29, 0.717) is 11.8 Å². The molecular weight excluding hydrogens is 350 g/mol. The Bertz CT molecular complexity index is 780. The maximum Gasteiger partial charge on any atom is 0.265 e. The summed E-state index contributed by atoms with van der Waals surface area (Å²) in [4.78, 5) is 12.2. The van der Waals surface area contributed by atoms with Crippen molar-refractivity contribution in [3.8, 4) is 0 Å². The molecule has 6 nitrogen and oxygen atoms in total. The van der Waals surface area contributed by atoms with Crippen LogP contribution in [0, 0.1) is 23.7 Å². The highest BCUT2D eigenvalue weighted by Gasteiger charge is 2.51. The van der Waals surface area contributed by atoms with E-state index >= 15 is 0 Å². The Hall–Kier alpha value is -1.15. The fourth-order valence-corrected chi connectivity index (χ4v) is 5.92. The molecule has 1 heterocycles. The van der Waals surface area contributed by atoms with Crippen LogP contribution in [0.15, 0.2) is 23.1 Å². The van der Waals surface area contributed by atoms with E-state index in [1.165, 1.54) is 37.5 Å². The summed E-state index contributed by atoms with van der Waals surface area (Å²) < 4.78 is 23.1. The van der Waals surface area contributed by atoms with E-state index < -0.39 is 10.0 Å². The summed E-state index contributed by atoms with van der Waals surface area (Å²) in [5.41, 5.74) is 3.15. The minimum Gasteiger partial charge on any atom is -0.285 e. The van der Waals surface area contributed by atoms with Crippen molar-refractivity contribution < 1.29 is 13.2 Å². The highest BCUT2D eigenvalue weighted by molar-refractivity contribution is 7.89. The fourth-order valence-electron chi connectivity index (χ4n) is 4.84. The number of halogens is 1. The number of hydrazine groups is 1. The van der Waals surface area contributed by atoms with Gasteiger partial charge in [0.05, 0.1) is 5.02 Å². The van der Waals surface area contributed by atoms with Gasteiger partial charge in [0.15, 0.2) is 0 Å². The van der Waals surface area contributed by atoms with Gasteiger partial charge in [-0.1, -0.05) is 11.6 Å². The van der Waals surface area contributed by atoms with Gasteiger partial charge in [-0.2, -0.15) is 0 Å². The molecule has 2 saturated carbocycles. The predicted octanol–water partition coefficient (Wildman–Crippen LogP) is 1.61. The summed E-state index contributed by atoms with van der Waals surface area (Å²) in [6, 6.07) is 4.12. The summed E-state index contributed by atoms with van der Waals surface area (Å²) in [5.74, 6) is 2.67. The van der Waals surface area contributed by atoms with E-state index in [9.17, 15) is 13.2 Å². The van der Waals surface area contributed by atoms with Gasteiger partial charge in [0, 0.05) is 18.7 Å². The monoisotopic (exact) mass is 369 g/mol. The maximum absolute atomic E-state index is 12.5. The molecule has 0 aromatic heterocycles. The first-order valence-corrected chi connectivity index (χ1v) is 10.1. The van der Waals surface area contributed by atoms with Crippen molar-refractivity contribution >= 4 is 27.5 Å². The van der Waals surface area contributed by atoms with Crippen molar-refractivity contribution in [1.29, 1.82) is 0 Å². The molecular formula is C16H20ClN3O3S. The third kappa shape index (κ3) is 2.73. The average molecular weight is 370 g/mol. The minimum atomic E-state index is -3.96. The van der Waals surface area contributed by atoms with E-state index in [1.807, 2.05) is 5.01 Å². The van der Waals surface area contributed by atoms with Crippen LogP contribution in [0.5, 0.6) is 0 Å². The number of hydrogen-bond acceptors (Lipinski definition) is 4. The number of carbonyl (C=O) groups excluding carboxylic acids is 1. The Morgan fingerprint density at radius 1 is 1.21 bits per heavy atom. The van der Waals surface area contributed by atoms with Crippen molar-refractivity contribution in [2.45, 2.75) is 24.2 Å². The molecule has 0 unspecified atom stereocenters. The number of nitrogens with zero attached hydrogens (tertiary/aromatic N) is 1. The second kappa shape index (κ2) is 5.69. The normalized spacial score (nSPS) is 32.1. The Morgan fingerprint density at radius 2 is 1.83 bits per heavy atom. The van der Waals surface area contributed by atoms with Gasteiger partial charge in [-0.15, -0.1) is 0 Å². The summed E-state index contributed by atoms with van der Waals surface area (Å²) in [6.07, 6.45) is 4.00. The lowest BCUT2D eigenvalue weighted by Gasteiger charge is -2.22. The Balaban J connectivity index is 1.48. The third-order valence-electron chi connectivity index (χ3n) is 5.90. The molecule has 24 heavy (non-hydrogen) atoms. The van der Waals surface area contributed by atoms with Crippen molar-refractivity contribution in [2.24, 2.45) is 28.8 Å². The molecule has 1 aliphatic heterocycles. The fraction of sp³-hybridized carbons (Fsp3) is 0.562. The smallest absolute Gasteiger partial charge is 0.265 e. The average Bonchev–Trinajstić information content (AvgIpc) is 3.18. The molecule has 4 atom stereocenters. The molecule has 3 N–H and O–H groups in total. The number of amides is 1. The van der Waals surface area contributed by atoms with Crippen molar-refractivity contribution in [3.05, 3.63) is 28.8 Å². The molecule has 130 valence electrons. The van der Waals surface area contributed by atoms with Gasteiger partial charge in [0.25, 0.3) is 5.91 Å². The van der Waals surface area contributed by atoms with Crippen LogP contribution in [0.2, 0.25) is 5.02 Å². The highest BCUT2D eigenvalue weighted by Crippen LogP contribution is 2.54. The lowest BCUT2D eigenvalue weighted by atomic mass is 9.82. The molecule has 0 radical (unpaired) electrons. The van der Waals surface area contributed by atoms with Crippen LogP contribution in [0.25, 0.3) is 0 Å². The number of primary sulfonamides is 1. The number of nitrogens with one attached hydrogen (secondary N) is 1. The number of nitrogens with two attached hydrogens (primary N) is 1. The number of fused-ring (bicyclic) bond motifs is 5. The van der Waals surface area contributed by atoms with Gasteiger partial charge in [0.2, 0.25) is 10.0 Å². The van der Waals surface area contributed by atoms with Crippen LogP contribution in [0.4, 0.5) is 0 Å². The van der Waals surface area contributed by atoms with E-state index in [-0.39, 0.29) is 21.4 Å². The molecule has 1 saturated heterocycles. The molecule has 3 aliphatic rings. The molecule has 1 aromatic carbocycles. The van der Waals surface area contributed by atoms with E-state index in [4.69, 9.17) is 16.7 Å². The summed E-state index contributed by atoms with van der Waals surface area (Å²) in [6.45, 7) is 1.76. The van der Waals surface area contributed by atoms with Gasteiger partial charge in [0.1, 0.15) is 4.90 Å². The van der Waals surface area contributed by atoms with Crippen LogP contribution in [-0.4, -0.2) is 32.4 Å². The summed E-state index contributed by atoms with van der Waals surface area (Å²) >= 11 is 5.86. The third-order valence-corrected chi connectivity index (χ3v) is 7.29. The second-order valence-corrected chi connectivity index (χ2v) is 9.13. The highest BCUT2D eigenvalue weighted by atomic mass is 35.5. The number of benzene rings is 1. The predicted molar refractivity (Wildman–Crippen MR) is 89.7 cm³/mol.